The minimum absolute atomic E-state index is 0.230. The van der Waals surface area contributed by atoms with Crippen LogP contribution < -0.4 is 5.32 Å². The van der Waals surface area contributed by atoms with Crippen molar-refractivity contribution in [3.05, 3.63) is 34.4 Å². The fourth-order valence-corrected chi connectivity index (χ4v) is 2.59. The van der Waals surface area contributed by atoms with Crippen LogP contribution in [0.15, 0.2) is 12.1 Å². The van der Waals surface area contributed by atoms with Gasteiger partial charge in [0.15, 0.2) is 0 Å². The number of hydrogen-bond donors (Lipinski definition) is 2. The van der Waals surface area contributed by atoms with Crippen LogP contribution in [0.4, 0.5) is 8.78 Å². The molecule has 0 aromatic heterocycles. The number of carboxylic acids is 1. The molecule has 1 aromatic carbocycles. The van der Waals surface area contributed by atoms with Gasteiger partial charge in [-0.2, -0.15) is 0 Å². The lowest BCUT2D eigenvalue weighted by atomic mass is 9.86. The Bertz CT molecular complexity index is 572. The van der Waals surface area contributed by atoms with E-state index in [4.69, 9.17) is 16.7 Å². The molecule has 0 atom stereocenters. The summed E-state index contributed by atoms with van der Waals surface area (Å²) in [7, 11) is 0. The number of aliphatic carboxylic acids is 1. The van der Waals surface area contributed by atoms with Crippen LogP contribution in [0.5, 0.6) is 0 Å². The maximum absolute atomic E-state index is 13.6. The number of carbonyl (C=O) groups is 2. The van der Waals surface area contributed by atoms with Crippen molar-refractivity contribution in [3.63, 3.8) is 0 Å². The Morgan fingerprint density at radius 3 is 2.33 bits per heavy atom. The fraction of sp³-hybridized carbons (Fsp3) is 0.429. The highest BCUT2D eigenvalue weighted by atomic mass is 35.5. The van der Waals surface area contributed by atoms with Crippen LogP contribution >= 0.6 is 11.6 Å². The Kier molecular flexibility index (Phi) is 4.77. The second-order valence-electron chi connectivity index (χ2n) is 5.11. The van der Waals surface area contributed by atoms with E-state index in [9.17, 15) is 18.4 Å². The second kappa shape index (κ2) is 6.39. The van der Waals surface area contributed by atoms with E-state index in [1.807, 2.05) is 0 Å². The van der Waals surface area contributed by atoms with Gasteiger partial charge in [-0.05, 0) is 37.8 Å². The van der Waals surface area contributed by atoms with E-state index < -0.39 is 35.0 Å². The van der Waals surface area contributed by atoms with Crippen LogP contribution in [0.1, 0.15) is 36.0 Å². The first-order chi connectivity index (χ1) is 9.88. The molecule has 0 bridgehead atoms. The molecule has 114 valence electrons. The summed E-state index contributed by atoms with van der Waals surface area (Å²) in [5, 5.41) is 11.1. The standard InChI is InChI=1S/C14H14ClF2NO3/c15-10-6-11(16)9(5-12(10)17)13(19)18-8-3-1-7(2-4-8)14(20)21/h5-8H,1-4H2,(H,18,19)(H,20,21). The Balaban J connectivity index is 2.00. The molecule has 1 fully saturated rings. The first kappa shape index (κ1) is 15.7. The third kappa shape index (κ3) is 3.69. The molecule has 21 heavy (non-hydrogen) atoms. The molecule has 0 unspecified atom stereocenters. The quantitative estimate of drug-likeness (QED) is 0.842. The van der Waals surface area contributed by atoms with E-state index in [0.717, 1.165) is 12.1 Å². The van der Waals surface area contributed by atoms with Crippen molar-refractivity contribution in [2.24, 2.45) is 5.92 Å². The fourth-order valence-electron chi connectivity index (χ4n) is 2.44. The predicted octanol–water partition coefficient (Wildman–Crippen LogP) is 2.99. The Morgan fingerprint density at radius 2 is 1.76 bits per heavy atom. The van der Waals surface area contributed by atoms with Crippen LogP contribution in [-0.2, 0) is 4.79 Å². The van der Waals surface area contributed by atoms with Gasteiger partial charge in [-0.3, -0.25) is 9.59 Å². The molecule has 4 nitrogen and oxygen atoms in total. The predicted molar refractivity (Wildman–Crippen MR) is 72.2 cm³/mol. The number of benzene rings is 1. The molecule has 0 heterocycles. The smallest absolute Gasteiger partial charge is 0.306 e. The molecule has 2 N–H and O–H groups in total. The summed E-state index contributed by atoms with van der Waals surface area (Å²) in [4.78, 5) is 22.8. The molecule has 2 rings (SSSR count). The van der Waals surface area contributed by atoms with Gasteiger partial charge < -0.3 is 10.4 Å². The van der Waals surface area contributed by atoms with Gasteiger partial charge in [-0.25, -0.2) is 8.78 Å². The van der Waals surface area contributed by atoms with Gasteiger partial charge in [0.25, 0.3) is 5.91 Å². The zero-order chi connectivity index (χ0) is 15.6. The monoisotopic (exact) mass is 317 g/mol. The Morgan fingerprint density at radius 1 is 1.14 bits per heavy atom. The van der Waals surface area contributed by atoms with Crippen molar-refractivity contribution in [3.8, 4) is 0 Å². The number of amides is 1. The lowest BCUT2D eigenvalue weighted by molar-refractivity contribution is -0.142. The van der Waals surface area contributed by atoms with Crippen LogP contribution in [0.3, 0.4) is 0 Å². The van der Waals surface area contributed by atoms with E-state index >= 15 is 0 Å². The number of carboxylic acid groups (broad SMARTS) is 1. The summed E-state index contributed by atoms with van der Waals surface area (Å²) in [6.07, 6.45) is 1.91. The Labute approximate surface area is 125 Å². The topological polar surface area (TPSA) is 66.4 Å². The largest absolute Gasteiger partial charge is 0.481 e. The van der Waals surface area contributed by atoms with E-state index in [1.165, 1.54) is 0 Å². The average molecular weight is 318 g/mol. The van der Waals surface area contributed by atoms with Crippen molar-refractivity contribution in [2.75, 3.05) is 0 Å². The SMILES string of the molecule is O=C(NC1CCC(C(=O)O)CC1)c1cc(F)c(Cl)cc1F. The third-order valence-electron chi connectivity index (χ3n) is 3.67. The summed E-state index contributed by atoms with van der Waals surface area (Å²) in [5.41, 5.74) is -0.405. The lowest BCUT2D eigenvalue weighted by Crippen LogP contribution is -2.39. The lowest BCUT2D eigenvalue weighted by Gasteiger charge is -2.26. The molecular formula is C14H14ClF2NO3. The minimum atomic E-state index is -0.891. The summed E-state index contributed by atoms with van der Waals surface area (Å²) < 4.78 is 26.9. The van der Waals surface area contributed by atoms with E-state index in [1.54, 1.807) is 0 Å². The molecule has 1 aromatic rings. The second-order valence-corrected chi connectivity index (χ2v) is 5.51. The maximum atomic E-state index is 13.6. The number of rotatable bonds is 3. The van der Waals surface area contributed by atoms with Gasteiger partial charge in [0, 0.05) is 6.04 Å². The van der Waals surface area contributed by atoms with E-state index in [0.29, 0.717) is 25.7 Å². The van der Waals surface area contributed by atoms with Crippen molar-refractivity contribution in [1.82, 2.24) is 5.32 Å². The molecule has 1 amide bonds. The van der Waals surface area contributed by atoms with Gasteiger partial charge >= 0.3 is 5.97 Å². The molecule has 7 heteroatoms. The normalized spacial score (nSPS) is 21.9. The minimum Gasteiger partial charge on any atom is -0.481 e. The molecule has 1 aliphatic rings. The molecule has 0 aliphatic heterocycles. The average Bonchev–Trinajstić information content (AvgIpc) is 2.43. The number of carbonyl (C=O) groups excluding carboxylic acids is 1. The van der Waals surface area contributed by atoms with E-state index in [-0.39, 0.29) is 11.1 Å². The van der Waals surface area contributed by atoms with Crippen molar-refractivity contribution in [1.29, 1.82) is 0 Å². The summed E-state index contributed by atoms with van der Waals surface area (Å²) >= 11 is 5.43. The van der Waals surface area contributed by atoms with Crippen molar-refractivity contribution in [2.45, 2.75) is 31.7 Å². The summed E-state index contributed by atoms with van der Waals surface area (Å²) in [5.74, 6) is -3.72. The van der Waals surface area contributed by atoms with Gasteiger partial charge in [-0.1, -0.05) is 11.6 Å². The maximum Gasteiger partial charge on any atom is 0.306 e. The summed E-state index contributed by atoms with van der Waals surface area (Å²) in [6, 6.07) is 1.29. The number of nitrogens with one attached hydrogen (secondary N) is 1. The van der Waals surface area contributed by atoms with Crippen LogP contribution in [0.25, 0.3) is 0 Å². The zero-order valence-electron chi connectivity index (χ0n) is 11.0. The molecule has 0 radical (unpaired) electrons. The molecule has 1 saturated carbocycles. The molecule has 0 saturated heterocycles. The highest BCUT2D eigenvalue weighted by Crippen LogP contribution is 2.25. The zero-order valence-corrected chi connectivity index (χ0v) is 11.8. The summed E-state index contributed by atoms with van der Waals surface area (Å²) in [6.45, 7) is 0. The molecule has 0 spiro atoms. The van der Waals surface area contributed by atoms with Crippen molar-refractivity contribution >= 4 is 23.5 Å². The number of halogens is 3. The first-order valence-corrected chi connectivity index (χ1v) is 6.94. The highest BCUT2D eigenvalue weighted by molar-refractivity contribution is 6.30. The van der Waals surface area contributed by atoms with Crippen LogP contribution in [-0.4, -0.2) is 23.0 Å². The van der Waals surface area contributed by atoms with Gasteiger partial charge in [0.1, 0.15) is 11.6 Å². The first-order valence-electron chi connectivity index (χ1n) is 6.56. The van der Waals surface area contributed by atoms with Gasteiger partial charge in [0.2, 0.25) is 0 Å². The Hall–Kier alpha value is -1.69. The number of hydrogen-bond acceptors (Lipinski definition) is 2. The van der Waals surface area contributed by atoms with Crippen molar-refractivity contribution < 1.29 is 23.5 Å². The van der Waals surface area contributed by atoms with Crippen LogP contribution in [0, 0.1) is 17.6 Å². The van der Waals surface area contributed by atoms with Gasteiger partial charge in [0.05, 0.1) is 16.5 Å². The third-order valence-corrected chi connectivity index (χ3v) is 3.96. The molecule has 1 aliphatic carbocycles. The van der Waals surface area contributed by atoms with Gasteiger partial charge in [-0.15, -0.1) is 0 Å². The van der Waals surface area contributed by atoms with E-state index in [2.05, 4.69) is 5.32 Å². The van der Waals surface area contributed by atoms with Crippen LogP contribution in [0.2, 0.25) is 5.02 Å². The highest BCUT2D eigenvalue weighted by Gasteiger charge is 2.27. The molecular weight excluding hydrogens is 304 g/mol.